The zero-order valence-corrected chi connectivity index (χ0v) is 10.5. The summed E-state index contributed by atoms with van der Waals surface area (Å²) in [6.45, 7) is 1.90. The molecule has 106 valence electrons. The molecule has 4 nitrogen and oxygen atoms in total. The second-order valence-electron chi connectivity index (χ2n) is 3.59. The molecule has 0 fully saturated rings. The van der Waals surface area contributed by atoms with Gasteiger partial charge in [0.15, 0.2) is 0 Å². The number of halogens is 3. The van der Waals surface area contributed by atoms with Crippen molar-refractivity contribution < 1.29 is 27.4 Å². The van der Waals surface area contributed by atoms with Crippen LogP contribution in [0.5, 0.6) is 5.75 Å². The molecule has 7 heteroatoms. The Morgan fingerprint density at radius 1 is 1.32 bits per heavy atom. The number of esters is 1. The molecule has 0 saturated heterocycles. The zero-order chi connectivity index (χ0) is 14.5. The highest BCUT2D eigenvalue weighted by Gasteiger charge is 2.31. The zero-order valence-electron chi connectivity index (χ0n) is 10.5. The fourth-order valence-corrected chi connectivity index (χ4v) is 1.51. The van der Waals surface area contributed by atoms with E-state index in [1.54, 1.807) is 14.0 Å². The number of carbonyl (C=O) groups excluding carboxylic acids is 1. The van der Waals surface area contributed by atoms with E-state index < -0.39 is 18.4 Å². The number of likely N-dealkylation sites (N-methyl/N-ethyl adjacent to an activating group) is 1. The predicted molar refractivity (Wildman–Crippen MR) is 61.6 cm³/mol. The van der Waals surface area contributed by atoms with Crippen LogP contribution in [0.2, 0.25) is 0 Å². The number of hydrogen-bond acceptors (Lipinski definition) is 4. The second-order valence-corrected chi connectivity index (χ2v) is 3.59. The first-order valence-corrected chi connectivity index (χ1v) is 5.57. The van der Waals surface area contributed by atoms with Crippen LogP contribution in [0.1, 0.15) is 18.5 Å². The number of alkyl halides is 3. The molecular formula is C12H14F3NO3. The van der Waals surface area contributed by atoms with Crippen LogP contribution in [0.4, 0.5) is 13.2 Å². The fraction of sp³-hybridized carbons (Fsp3) is 0.417. The Morgan fingerprint density at radius 2 is 1.89 bits per heavy atom. The number of benzene rings is 1. The average molecular weight is 277 g/mol. The van der Waals surface area contributed by atoms with Crippen LogP contribution < -0.4 is 10.1 Å². The highest BCUT2D eigenvalue weighted by atomic mass is 19.4. The number of hydrogen-bond donors (Lipinski definition) is 1. The van der Waals surface area contributed by atoms with Gasteiger partial charge in [-0.2, -0.15) is 0 Å². The smallest absolute Gasteiger partial charge is 0.465 e. The summed E-state index contributed by atoms with van der Waals surface area (Å²) in [5.74, 6) is -0.829. The van der Waals surface area contributed by atoms with E-state index in [2.05, 4.69) is 10.1 Å². The van der Waals surface area contributed by atoms with E-state index in [1.165, 1.54) is 12.1 Å². The monoisotopic (exact) mass is 277 g/mol. The Balaban J connectivity index is 2.81. The van der Waals surface area contributed by atoms with Gasteiger partial charge in [-0.1, -0.05) is 12.1 Å². The summed E-state index contributed by atoms with van der Waals surface area (Å²) >= 11 is 0. The third-order valence-electron chi connectivity index (χ3n) is 2.26. The van der Waals surface area contributed by atoms with Crippen LogP contribution in [0.25, 0.3) is 0 Å². The summed E-state index contributed by atoms with van der Waals surface area (Å²) in [7, 11) is 1.56. The first-order valence-electron chi connectivity index (χ1n) is 5.57. The van der Waals surface area contributed by atoms with Crippen LogP contribution >= 0.6 is 0 Å². The van der Waals surface area contributed by atoms with Gasteiger partial charge in [0.05, 0.1) is 6.61 Å². The maximum atomic E-state index is 12.0. The van der Waals surface area contributed by atoms with Crippen LogP contribution in [0.15, 0.2) is 24.3 Å². The minimum absolute atomic E-state index is 0.228. The predicted octanol–water partition coefficient (Wildman–Crippen LogP) is 2.41. The van der Waals surface area contributed by atoms with Crippen molar-refractivity contribution in [2.24, 2.45) is 0 Å². The van der Waals surface area contributed by atoms with E-state index in [9.17, 15) is 18.0 Å². The number of ether oxygens (including phenoxy) is 2. The molecule has 0 radical (unpaired) electrons. The van der Waals surface area contributed by atoms with E-state index in [1.807, 2.05) is 0 Å². The van der Waals surface area contributed by atoms with Gasteiger partial charge in [0.1, 0.15) is 11.8 Å². The van der Waals surface area contributed by atoms with Gasteiger partial charge in [-0.3, -0.25) is 0 Å². The SMILES string of the molecule is CCOC(=O)C(NC)c1ccc(OC(F)(F)F)cc1. The number of rotatable bonds is 5. The Bertz CT molecular complexity index is 417. The summed E-state index contributed by atoms with van der Waals surface area (Å²) in [6.07, 6.45) is -4.73. The fourth-order valence-electron chi connectivity index (χ4n) is 1.51. The van der Waals surface area contributed by atoms with Gasteiger partial charge in [-0.05, 0) is 31.7 Å². The Kier molecular flexibility index (Phi) is 5.17. The van der Waals surface area contributed by atoms with Crippen molar-refractivity contribution in [3.63, 3.8) is 0 Å². The molecule has 1 aromatic carbocycles. The van der Waals surface area contributed by atoms with Gasteiger partial charge in [0.25, 0.3) is 0 Å². The second kappa shape index (κ2) is 6.42. The highest BCUT2D eigenvalue weighted by molar-refractivity contribution is 5.77. The van der Waals surface area contributed by atoms with Gasteiger partial charge in [-0.25, -0.2) is 4.79 Å². The van der Waals surface area contributed by atoms with Crippen molar-refractivity contribution in [3.05, 3.63) is 29.8 Å². The first kappa shape index (κ1) is 15.3. The van der Waals surface area contributed by atoms with E-state index in [0.29, 0.717) is 5.56 Å². The minimum atomic E-state index is -4.73. The molecule has 0 amide bonds. The van der Waals surface area contributed by atoms with Crippen molar-refractivity contribution in [2.75, 3.05) is 13.7 Å². The summed E-state index contributed by atoms with van der Waals surface area (Å²) < 4.78 is 44.5. The summed E-state index contributed by atoms with van der Waals surface area (Å²) in [5.41, 5.74) is 0.496. The van der Waals surface area contributed by atoms with Crippen molar-refractivity contribution in [1.82, 2.24) is 5.32 Å². The molecule has 0 aliphatic carbocycles. The number of carbonyl (C=O) groups is 1. The average Bonchev–Trinajstić information content (AvgIpc) is 2.30. The van der Waals surface area contributed by atoms with Gasteiger partial charge in [-0.15, -0.1) is 13.2 Å². The first-order chi connectivity index (χ1) is 8.87. The van der Waals surface area contributed by atoms with Crippen LogP contribution in [0, 0.1) is 0 Å². The lowest BCUT2D eigenvalue weighted by Crippen LogP contribution is -2.27. The van der Waals surface area contributed by atoms with Crippen LogP contribution in [0.3, 0.4) is 0 Å². The Hall–Kier alpha value is -1.76. The quantitative estimate of drug-likeness (QED) is 0.840. The van der Waals surface area contributed by atoms with Crippen LogP contribution in [-0.4, -0.2) is 26.0 Å². The summed E-state index contributed by atoms with van der Waals surface area (Å²) in [6, 6.07) is 4.32. The molecule has 19 heavy (non-hydrogen) atoms. The maximum Gasteiger partial charge on any atom is 0.573 e. The molecule has 0 spiro atoms. The molecule has 1 N–H and O–H groups in total. The van der Waals surface area contributed by atoms with Crippen molar-refractivity contribution in [1.29, 1.82) is 0 Å². The lowest BCUT2D eigenvalue weighted by molar-refractivity contribution is -0.274. The normalized spacial score (nSPS) is 12.9. The van der Waals surface area contributed by atoms with E-state index in [0.717, 1.165) is 12.1 Å². The molecule has 1 unspecified atom stereocenters. The number of nitrogens with one attached hydrogen (secondary N) is 1. The lowest BCUT2D eigenvalue weighted by Gasteiger charge is -2.15. The van der Waals surface area contributed by atoms with Crippen LogP contribution in [-0.2, 0) is 9.53 Å². The summed E-state index contributed by atoms with van der Waals surface area (Å²) in [4.78, 5) is 11.6. The molecule has 0 saturated carbocycles. The third-order valence-corrected chi connectivity index (χ3v) is 2.26. The topological polar surface area (TPSA) is 47.6 Å². The van der Waals surface area contributed by atoms with Gasteiger partial charge in [0, 0.05) is 0 Å². The molecule has 1 atom stereocenters. The van der Waals surface area contributed by atoms with Gasteiger partial charge < -0.3 is 14.8 Å². The van der Waals surface area contributed by atoms with E-state index >= 15 is 0 Å². The molecule has 0 heterocycles. The maximum absolute atomic E-state index is 12.0. The molecule has 1 rings (SSSR count). The molecule has 1 aromatic rings. The molecule has 0 aliphatic rings. The molecular weight excluding hydrogens is 263 g/mol. The van der Waals surface area contributed by atoms with Crippen molar-refractivity contribution in [2.45, 2.75) is 19.3 Å². The van der Waals surface area contributed by atoms with E-state index in [-0.39, 0.29) is 12.4 Å². The summed E-state index contributed by atoms with van der Waals surface area (Å²) in [5, 5.41) is 2.73. The minimum Gasteiger partial charge on any atom is -0.465 e. The van der Waals surface area contributed by atoms with E-state index in [4.69, 9.17) is 4.74 Å². The van der Waals surface area contributed by atoms with Gasteiger partial charge in [0.2, 0.25) is 0 Å². The lowest BCUT2D eigenvalue weighted by atomic mass is 10.1. The molecule has 0 aliphatic heterocycles. The Labute approximate surface area is 108 Å². The van der Waals surface area contributed by atoms with Crippen molar-refractivity contribution in [3.8, 4) is 5.75 Å². The molecule has 0 bridgehead atoms. The van der Waals surface area contributed by atoms with Gasteiger partial charge >= 0.3 is 12.3 Å². The standard InChI is InChI=1S/C12H14F3NO3/c1-3-18-11(17)10(16-2)8-4-6-9(7-5-8)19-12(13,14)15/h4-7,10,16H,3H2,1-2H3. The largest absolute Gasteiger partial charge is 0.573 e. The Morgan fingerprint density at radius 3 is 2.32 bits per heavy atom. The third kappa shape index (κ3) is 4.78. The van der Waals surface area contributed by atoms with Crippen molar-refractivity contribution >= 4 is 5.97 Å². The molecule has 0 aromatic heterocycles. The highest BCUT2D eigenvalue weighted by Crippen LogP contribution is 2.24.